The molecule has 0 unspecified atom stereocenters. The van der Waals surface area contributed by atoms with Gasteiger partial charge in [0.15, 0.2) is 0 Å². The van der Waals surface area contributed by atoms with Crippen LogP contribution in [0, 0.1) is 0 Å². The normalized spacial score (nSPS) is 15.4. The number of nitrogens with one attached hydrogen (secondary N) is 1. The Morgan fingerprint density at radius 3 is 2.71 bits per heavy atom. The van der Waals surface area contributed by atoms with Crippen LogP contribution in [-0.2, 0) is 19.5 Å². The molecule has 31 heavy (non-hydrogen) atoms. The number of pyridine rings is 1. The molecule has 8 heteroatoms. The third kappa shape index (κ3) is 4.03. The van der Waals surface area contributed by atoms with E-state index in [1.54, 1.807) is 21.2 Å². The Labute approximate surface area is 183 Å². The van der Waals surface area contributed by atoms with E-state index in [2.05, 4.69) is 10.3 Å². The molecule has 1 saturated carbocycles. The van der Waals surface area contributed by atoms with Crippen molar-refractivity contribution < 1.29 is 9.59 Å². The quantitative estimate of drug-likeness (QED) is 0.669. The number of amides is 2. The molecule has 0 atom stereocenters. The van der Waals surface area contributed by atoms with Crippen LogP contribution >= 0.6 is 11.3 Å². The van der Waals surface area contributed by atoms with Gasteiger partial charge in [-0.05, 0) is 36.0 Å². The Bertz CT molecular complexity index is 1180. The first kappa shape index (κ1) is 19.7. The van der Waals surface area contributed by atoms with Crippen molar-refractivity contribution in [1.29, 1.82) is 0 Å². The molecule has 7 nitrogen and oxygen atoms in total. The minimum absolute atomic E-state index is 0.0714. The molecule has 0 spiro atoms. The van der Waals surface area contributed by atoms with Gasteiger partial charge in [0.05, 0.1) is 18.3 Å². The van der Waals surface area contributed by atoms with E-state index in [4.69, 9.17) is 0 Å². The zero-order chi connectivity index (χ0) is 21.4. The maximum Gasteiger partial charge on any atom is 0.265 e. The number of benzene rings is 1. The number of aromatic nitrogens is 2. The molecule has 2 amide bonds. The van der Waals surface area contributed by atoms with Gasteiger partial charge in [-0.3, -0.25) is 19.4 Å². The summed E-state index contributed by atoms with van der Waals surface area (Å²) in [6, 6.07) is 9.85. The lowest BCUT2D eigenvalue weighted by Gasteiger charge is -2.30. The Balaban J connectivity index is 1.53. The Kier molecular flexibility index (Phi) is 5.15. The van der Waals surface area contributed by atoms with Gasteiger partial charge in [0, 0.05) is 25.3 Å². The van der Waals surface area contributed by atoms with Crippen LogP contribution in [0.25, 0.3) is 0 Å². The second kappa shape index (κ2) is 8.11. The zero-order valence-corrected chi connectivity index (χ0v) is 17.7. The van der Waals surface area contributed by atoms with E-state index in [1.807, 2.05) is 36.5 Å². The number of fused-ring (bicyclic) bond motifs is 1. The fourth-order valence-electron chi connectivity index (χ4n) is 3.98. The van der Waals surface area contributed by atoms with Crippen LogP contribution in [0.3, 0.4) is 0 Å². The molecule has 1 fully saturated rings. The molecule has 158 valence electrons. The average Bonchev–Trinajstić information content (AvgIpc) is 3.42. The first-order chi connectivity index (χ1) is 15.1. The highest BCUT2D eigenvalue weighted by atomic mass is 32.1. The Morgan fingerprint density at radius 2 is 2.00 bits per heavy atom. The Morgan fingerprint density at radius 1 is 1.19 bits per heavy atom. The lowest BCUT2D eigenvalue weighted by Crippen LogP contribution is -2.41. The van der Waals surface area contributed by atoms with Crippen LogP contribution in [0.4, 0.5) is 0 Å². The maximum atomic E-state index is 13.3. The highest BCUT2D eigenvalue weighted by Gasteiger charge is 2.31. The van der Waals surface area contributed by atoms with Gasteiger partial charge in [-0.2, -0.15) is 0 Å². The van der Waals surface area contributed by atoms with Crippen LogP contribution in [0.2, 0.25) is 0 Å². The van der Waals surface area contributed by atoms with Crippen LogP contribution in [0.5, 0.6) is 0 Å². The summed E-state index contributed by atoms with van der Waals surface area (Å²) in [6.07, 6.45) is 5.78. The van der Waals surface area contributed by atoms with E-state index in [0.29, 0.717) is 30.9 Å². The molecule has 5 rings (SSSR count). The van der Waals surface area contributed by atoms with Crippen molar-refractivity contribution in [2.45, 2.75) is 38.4 Å². The molecule has 0 radical (unpaired) electrons. The minimum Gasteiger partial charge on any atom is -0.349 e. The van der Waals surface area contributed by atoms with Crippen LogP contribution in [-0.4, -0.2) is 38.9 Å². The molecule has 2 aromatic heterocycles. The van der Waals surface area contributed by atoms with Gasteiger partial charge in [0.1, 0.15) is 10.4 Å². The van der Waals surface area contributed by atoms with Gasteiger partial charge >= 0.3 is 0 Å². The average molecular weight is 435 g/mol. The molecule has 1 aliphatic heterocycles. The lowest BCUT2D eigenvalue weighted by molar-refractivity contribution is 0.0738. The van der Waals surface area contributed by atoms with Crippen molar-refractivity contribution in [1.82, 2.24) is 19.8 Å². The monoisotopic (exact) mass is 434 g/mol. The Hall–Kier alpha value is -3.26. The predicted octanol–water partition coefficient (Wildman–Crippen LogP) is 2.44. The van der Waals surface area contributed by atoms with E-state index >= 15 is 0 Å². The summed E-state index contributed by atoms with van der Waals surface area (Å²) in [5, 5.41) is 2.97. The highest BCUT2D eigenvalue weighted by Crippen LogP contribution is 2.25. The van der Waals surface area contributed by atoms with Gasteiger partial charge < -0.3 is 14.8 Å². The lowest BCUT2D eigenvalue weighted by atomic mass is 9.95. The predicted molar refractivity (Wildman–Crippen MR) is 117 cm³/mol. The van der Waals surface area contributed by atoms with Gasteiger partial charge in [-0.25, -0.2) is 0 Å². The summed E-state index contributed by atoms with van der Waals surface area (Å²) < 4.78 is 1.59. The molecular weight excluding hydrogens is 412 g/mol. The standard InChI is InChI=1S/C23H22N4O3S/c28-21(25-17-6-7-17)20-18-8-9-26(22(29)19-10-24-14-31-19)12-16(18)13-27(23(20)30)11-15-4-2-1-3-5-15/h1-5,10,13-14,17H,6-9,11-12H2,(H,25,28). The first-order valence-electron chi connectivity index (χ1n) is 10.4. The second-order valence-electron chi connectivity index (χ2n) is 8.02. The van der Waals surface area contributed by atoms with Crippen LogP contribution in [0.15, 0.2) is 53.0 Å². The van der Waals surface area contributed by atoms with E-state index < -0.39 is 0 Å². The molecular formula is C23H22N4O3S. The van der Waals surface area contributed by atoms with E-state index in [1.165, 1.54) is 11.3 Å². The summed E-state index contributed by atoms with van der Waals surface area (Å²) in [4.78, 5) is 45.5. The molecule has 1 aromatic carbocycles. The van der Waals surface area contributed by atoms with E-state index in [-0.39, 0.29) is 29.0 Å². The fourth-order valence-corrected chi connectivity index (χ4v) is 4.57. The molecule has 2 aliphatic rings. The van der Waals surface area contributed by atoms with Crippen LogP contribution in [0.1, 0.15) is 49.6 Å². The molecule has 1 N–H and O–H groups in total. The van der Waals surface area contributed by atoms with Gasteiger partial charge in [0.25, 0.3) is 17.4 Å². The molecule has 0 bridgehead atoms. The third-order valence-electron chi connectivity index (χ3n) is 5.73. The van der Waals surface area contributed by atoms with Crippen molar-refractivity contribution in [2.24, 2.45) is 0 Å². The van der Waals surface area contributed by atoms with Crippen molar-refractivity contribution in [3.63, 3.8) is 0 Å². The number of rotatable bonds is 5. The molecule has 3 heterocycles. The topological polar surface area (TPSA) is 84.3 Å². The molecule has 0 saturated heterocycles. The maximum absolute atomic E-state index is 13.3. The summed E-state index contributed by atoms with van der Waals surface area (Å²) in [5.74, 6) is -0.369. The first-order valence-corrected chi connectivity index (χ1v) is 11.3. The van der Waals surface area contributed by atoms with Crippen molar-refractivity contribution in [3.05, 3.63) is 85.7 Å². The van der Waals surface area contributed by atoms with Crippen molar-refractivity contribution >= 4 is 23.2 Å². The SMILES string of the molecule is O=C(NC1CC1)c1c2c(cn(Cc3ccccc3)c1=O)CN(C(=O)c1cncs1)CC2. The van der Waals surface area contributed by atoms with Gasteiger partial charge in [-0.1, -0.05) is 30.3 Å². The summed E-state index contributed by atoms with van der Waals surface area (Å²) >= 11 is 1.31. The number of nitrogens with zero attached hydrogens (tertiary/aromatic N) is 3. The number of hydrogen-bond acceptors (Lipinski definition) is 5. The van der Waals surface area contributed by atoms with E-state index in [0.717, 1.165) is 29.5 Å². The van der Waals surface area contributed by atoms with Crippen LogP contribution < -0.4 is 10.9 Å². The highest BCUT2D eigenvalue weighted by molar-refractivity contribution is 7.11. The second-order valence-corrected chi connectivity index (χ2v) is 8.90. The zero-order valence-electron chi connectivity index (χ0n) is 16.9. The van der Waals surface area contributed by atoms with E-state index in [9.17, 15) is 14.4 Å². The van der Waals surface area contributed by atoms with Gasteiger partial charge in [-0.15, -0.1) is 11.3 Å². The fraction of sp³-hybridized carbons (Fsp3) is 0.304. The number of carbonyl (C=O) groups excluding carboxylic acids is 2. The summed E-state index contributed by atoms with van der Waals surface area (Å²) in [6.45, 7) is 1.21. The number of carbonyl (C=O) groups is 2. The number of hydrogen-bond donors (Lipinski definition) is 1. The summed E-state index contributed by atoms with van der Waals surface area (Å²) in [7, 11) is 0. The van der Waals surface area contributed by atoms with Crippen molar-refractivity contribution in [3.8, 4) is 0 Å². The van der Waals surface area contributed by atoms with Crippen molar-refractivity contribution in [2.75, 3.05) is 6.54 Å². The third-order valence-corrected chi connectivity index (χ3v) is 6.50. The molecule has 3 aromatic rings. The number of thiazole rings is 1. The van der Waals surface area contributed by atoms with Gasteiger partial charge in [0.2, 0.25) is 0 Å². The molecule has 1 aliphatic carbocycles. The minimum atomic E-state index is -0.298. The summed E-state index contributed by atoms with van der Waals surface area (Å²) in [5.41, 5.74) is 4.18. The largest absolute Gasteiger partial charge is 0.349 e. The smallest absolute Gasteiger partial charge is 0.265 e.